The van der Waals surface area contributed by atoms with Gasteiger partial charge in [-0.2, -0.15) is 0 Å². The minimum atomic E-state index is -0.0119. The van der Waals surface area contributed by atoms with Crippen LogP contribution in [0, 0.1) is 0 Å². The second-order valence-electron chi connectivity index (χ2n) is 4.94. The SMILES string of the molecule is CC1CCCC(C)N1C(=O)c1cccc(Cl)c1Cl. The predicted molar refractivity (Wildman–Crippen MR) is 75.4 cm³/mol. The summed E-state index contributed by atoms with van der Waals surface area (Å²) in [5, 5.41) is 0.786. The molecule has 1 aliphatic heterocycles. The number of nitrogens with zero attached hydrogens (tertiary/aromatic N) is 1. The van der Waals surface area contributed by atoms with E-state index in [-0.39, 0.29) is 18.0 Å². The maximum Gasteiger partial charge on any atom is 0.255 e. The molecule has 18 heavy (non-hydrogen) atoms. The molecule has 1 aromatic rings. The second-order valence-corrected chi connectivity index (χ2v) is 5.73. The van der Waals surface area contributed by atoms with E-state index < -0.39 is 0 Å². The fourth-order valence-corrected chi connectivity index (χ4v) is 3.01. The minimum Gasteiger partial charge on any atom is -0.333 e. The first-order chi connectivity index (χ1) is 8.52. The number of carbonyl (C=O) groups is 1. The van der Waals surface area contributed by atoms with Crippen molar-refractivity contribution in [3.8, 4) is 0 Å². The summed E-state index contributed by atoms with van der Waals surface area (Å²) in [7, 11) is 0. The zero-order valence-corrected chi connectivity index (χ0v) is 12.1. The predicted octanol–water partition coefficient (Wildman–Crippen LogP) is 4.40. The molecule has 2 nitrogen and oxygen atoms in total. The van der Waals surface area contributed by atoms with Crippen LogP contribution < -0.4 is 0 Å². The van der Waals surface area contributed by atoms with Crippen molar-refractivity contribution in [1.82, 2.24) is 4.90 Å². The van der Waals surface area contributed by atoms with Crippen molar-refractivity contribution >= 4 is 29.1 Å². The normalized spacial score (nSPS) is 24.1. The third-order valence-corrected chi connectivity index (χ3v) is 4.43. The minimum absolute atomic E-state index is 0.0119. The molecule has 2 unspecified atom stereocenters. The number of hydrogen-bond acceptors (Lipinski definition) is 1. The number of piperidine rings is 1. The number of rotatable bonds is 1. The van der Waals surface area contributed by atoms with Crippen molar-refractivity contribution in [1.29, 1.82) is 0 Å². The first-order valence-corrected chi connectivity index (χ1v) is 7.04. The van der Waals surface area contributed by atoms with E-state index >= 15 is 0 Å². The molecule has 0 N–H and O–H groups in total. The summed E-state index contributed by atoms with van der Waals surface area (Å²) in [5.74, 6) is -0.0119. The number of benzene rings is 1. The van der Waals surface area contributed by atoms with E-state index in [0.717, 1.165) is 12.8 Å². The average molecular weight is 286 g/mol. The molecule has 0 spiro atoms. The maximum absolute atomic E-state index is 12.6. The molecular formula is C14H17Cl2NO. The van der Waals surface area contributed by atoms with Gasteiger partial charge in [0.05, 0.1) is 15.6 Å². The molecule has 1 saturated heterocycles. The van der Waals surface area contributed by atoms with Crippen molar-refractivity contribution in [2.45, 2.75) is 45.2 Å². The first kappa shape index (κ1) is 13.7. The Labute approximate surface area is 118 Å². The van der Waals surface area contributed by atoms with Gasteiger partial charge >= 0.3 is 0 Å². The summed E-state index contributed by atoms with van der Waals surface area (Å²) < 4.78 is 0. The van der Waals surface area contributed by atoms with Crippen LogP contribution in [-0.4, -0.2) is 22.9 Å². The van der Waals surface area contributed by atoms with Gasteiger partial charge in [0.1, 0.15) is 0 Å². The Morgan fingerprint density at radius 3 is 2.44 bits per heavy atom. The number of halogens is 2. The molecule has 0 saturated carbocycles. The van der Waals surface area contributed by atoms with Gasteiger partial charge in [-0.05, 0) is 45.2 Å². The van der Waals surface area contributed by atoms with E-state index in [9.17, 15) is 4.79 Å². The number of amides is 1. The molecular weight excluding hydrogens is 269 g/mol. The lowest BCUT2D eigenvalue weighted by Crippen LogP contribution is -2.47. The molecule has 1 aliphatic rings. The van der Waals surface area contributed by atoms with Crippen molar-refractivity contribution in [3.05, 3.63) is 33.8 Å². The summed E-state index contributed by atoms with van der Waals surface area (Å²) in [6.07, 6.45) is 3.28. The van der Waals surface area contributed by atoms with Crippen LogP contribution in [0.4, 0.5) is 0 Å². The van der Waals surface area contributed by atoms with Crippen LogP contribution in [0.15, 0.2) is 18.2 Å². The fourth-order valence-electron chi connectivity index (χ4n) is 2.63. The molecule has 1 aromatic carbocycles. The van der Waals surface area contributed by atoms with Crippen LogP contribution in [0.5, 0.6) is 0 Å². The lowest BCUT2D eigenvalue weighted by Gasteiger charge is -2.39. The smallest absolute Gasteiger partial charge is 0.255 e. The molecule has 4 heteroatoms. The zero-order valence-electron chi connectivity index (χ0n) is 10.6. The Hall–Kier alpha value is -0.730. The average Bonchev–Trinajstić information content (AvgIpc) is 2.32. The molecule has 1 amide bonds. The van der Waals surface area contributed by atoms with E-state index in [0.29, 0.717) is 15.6 Å². The molecule has 0 radical (unpaired) electrons. The Kier molecular flexibility index (Phi) is 4.18. The van der Waals surface area contributed by atoms with Gasteiger partial charge in [-0.15, -0.1) is 0 Å². The van der Waals surface area contributed by atoms with Crippen LogP contribution >= 0.6 is 23.2 Å². The lowest BCUT2D eigenvalue weighted by atomic mass is 9.96. The molecule has 1 heterocycles. The first-order valence-electron chi connectivity index (χ1n) is 6.29. The van der Waals surface area contributed by atoms with Crippen molar-refractivity contribution in [3.63, 3.8) is 0 Å². The quantitative estimate of drug-likeness (QED) is 0.749. The standard InChI is InChI=1S/C14H17Cl2NO/c1-9-5-3-6-10(2)17(9)14(18)11-7-4-8-12(15)13(11)16/h4,7-10H,3,5-6H2,1-2H3. The van der Waals surface area contributed by atoms with Crippen molar-refractivity contribution in [2.24, 2.45) is 0 Å². The summed E-state index contributed by atoms with van der Waals surface area (Å²) >= 11 is 12.1. The van der Waals surface area contributed by atoms with Gasteiger partial charge in [0.2, 0.25) is 0 Å². The number of hydrogen-bond donors (Lipinski definition) is 0. The van der Waals surface area contributed by atoms with Crippen molar-refractivity contribution in [2.75, 3.05) is 0 Å². The maximum atomic E-state index is 12.6. The molecule has 2 rings (SSSR count). The van der Waals surface area contributed by atoms with Gasteiger partial charge in [-0.3, -0.25) is 4.79 Å². The van der Waals surface area contributed by atoms with E-state index in [4.69, 9.17) is 23.2 Å². The Morgan fingerprint density at radius 2 is 1.83 bits per heavy atom. The van der Waals surface area contributed by atoms with Crippen LogP contribution in [0.2, 0.25) is 10.0 Å². The summed E-state index contributed by atoms with van der Waals surface area (Å²) in [6.45, 7) is 4.18. The van der Waals surface area contributed by atoms with Gasteiger partial charge in [0.25, 0.3) is 5.91 Å². The summed E-state index contributed by atoms with van der Waals surface area (Å²) in [6, 6.07) is 5.72. The molecule has 0 aliphatic carbocycles. The number of carbonyl (C=O) groups excluding carboxylic acids is 1. The van der Waals surface area contributed by atoms with Crippen molar-refractivity contribution < 1.29 is 4.79 Å². The largest absolute Gasteiger partial charge is 0.333 e. The van der Waals surface area contributed by atoms with E-state index in [1.165, 1.54) is 6.42 Å². The van der Waals surface area contributed by atoms with Crippen LogP contribution in [-0.2, 0) is 0 Å². The molecule has 0 aromatic heterocycles. The number of likely N-dealkylation sites (tertiary alicyclic amines) is 1. The third kappa shape index (κ3) is 2.50. The Balaban J connectivity index is 2.32. The summed E-state index contributed by atoms with van der Waals surface area (Å²) in [5.41, 5.74) is 0.504. The molecule has 98 valence electrons. The summed E-state index contributed by atoms with van der Waals surface area (Å²) in [4.78, 5) is 14.5. The highest BCUT2D eigenvalue weighted by Gasteiger charge is 2.30. The van der Waals surface area contributed by atoms with Gasteiger partial charge in [-0.1, -0.05) is 29.3 Å². The zero-order chi connectivity index (χ0) is 13.3. The van der Waals surface area contributed by atoms with Gasteiger partial charge in [0.15, 0.2) is 0 Å². The van der Waals surface area contributed by atoms with Crippen LogP contribution in [0.25, 0.3) is 0 Å². The third-order valence-electron chi connectivity index (χ3n) is 3.61. The highest BCUT2D eigenvalue weighted by Crippen LogP contribution is 2.30. The van der Waals surface area contributed by atoms with Gasteiger partial charge in [0, 0.05) is 12.1 Å². The Bertz CT molecular complexity index is 451. The molecule has 0 bridgehead atoms. The van der Waals surface area contributed by atoms with E-state index in [2.05, 4.69) is 13.8 Å². The monoisotopic (exact) mass is 285 g/mol. The highest BCUT2D eigenvalue weighted by atomic mass is 35.5. The van der Waals surface area contributed by atoms with E-state index in [1.54, 1.807) is 18.2 Å². The lowest BCUT2D eigenvalue weighted by molar-refractivity contribution is 0.0511. The molecule has 2 atom stereocenters. The van der Waals surface area contributed by atoms with E-state index in [1.807, 2.05) is 4.90 Å². The highest BCUT2D eigenvalue weighted by molar-refractivity contribution is 6.43. The van der Waals surface area contributed by atoms with Gasteiger partial charge in [-0.25, -0.2) is 0 Å². The van der Waals surface area contributed by atoms with Crippen LogP contribution in [0.3, 0.4) is 0 Å². The van der Waals surface area contributed by atoms with Gasteiger partial charge < -0.3 is 4.90 Å². The molecule has 1 fully saturated rings. The van der Waals surface area contributed by atoms with Crippen LogP contribution in [0.1, 0.15) is 43.5 Å². The fraction of sp³-hybridized carbons (Fsp3) is 0.500. The second kappa shape index (κ2) is 5.50. The Morgan fingerprint density at radius 1 is 1.22 bits per heavy atom. The topological polar surface area (TPSA) is 20.3 Å².